The van der Waals surface area contributed by atoms with Crippen molar-refractivity contribution < 1.29 is 27.4 Å². The molecule has 0 bridgehead atoms. The third-order valence-corrected chi connectivity index (χ3v) is 9.98. The Bertz CT molecular complexity index is 1350. The van der Waals surface area contributed by atoms with E-state index in [-0.39, 0.29) is 30.0 Å². The van der Waals surface area contributed by atoms with E-state index in [0.717, 1.165) is 17.5 Å². The summed E-state index contributed by atoms with van der Waals surface area (Å²) in [6, 6.07) is 8.72. The van der Waals surface area contributed by atoms with E-state index < -0.39 is 16.1 Å². The lowest BCUT2D eigenvalue weighted by molar-refractivity contribution is -0.122. The number of sulfonamides is 1. The van der Waals surface area contributed by atoms with E-state index in [2.05, 4.69) is 0 Å². The summed E-state index contributed by atoms with van der Waals surface area (Å²) in [5, 5.41) is 0.895. The number of ether oxygens (including phenoxy) is 3. The molecule has 2 atom stereocenters. The van der Waals surface area contributed by atoms with E-state index in [1.165, 1.54) is 39.9 Å². The Morgan fingerprint density at radius 2 is 1.86 bits per heavy atom. The van der Waals surface area contributed by atoms with Gasteiger partial charge in [0.15, 0.2) is 5.13 Å². The van der Waals surface area contributed by atoms with Gasteiger partial charge in [-0.1, -0.05) is 22.9 Å². The molecular formula is C25H28ClN3O6S2. The fourth-order valence-corrected chi connectivity index (χ4v) is 7.71. The van der Waals surface area contributed by atoms with Crippen LogP contribution in [-0.4, -0.2) is 69.7 Å². The van der Waals surface area contributed by atoms with E-state index in [1.54, 1.807) is 31.3 Å². The highest BCUT2D eigenvalue weighted by Gasteiger charge is 2.42. The molecule has 2 aliphatic heterocycles. The van der Waals surface area contributed by atoms with Crippen molar-refractivity contribution in [3.8, 4) is 11.5 Å². The molecule has 0 radical (unpaired) electrons. The topological polar surface area (TPSA) is 98.3 Å². The second kappa shape index (κ2) is 10.7. The molecule has 5 rings (SSSR count). The van der Waals surface area contributed by atoms with E-state index >= 15 is 0 Å². The molecular weight excluding hydrogens is 538 g/mol. The lowest BCUT2D eigenvalue weighted by atomic mass is 10.2. The number of halogens is 1. The molecule has 2 aliphatic rings. The van der Waals surface area contributed by atoms with Crippen LogP contribution in [0.5, 0.6) is 11.5 Å². The summed E-state index contributed by atoms with van der Waals surface area (Å²) in [7, 11) is -0.759. The number of aromatic nitrogens is 1. The number of methoxy groups -OCH3 is 2. The normalized spacial score (nSPS) is 20.4. The molecule has 1 amide bonds. The van der Waals surface area contributed by atoms with Gasteiger partial charge >= 0.3 is 0 Å². The van der Waals surface area contributed by atoms with Gasteiger partial charge in [-0.3, -0.25) is 9.69 Å². The van der Waals surface area contributed by atoms with Gasteiger partial charge in [0.25, 0.3) is 0 Å². The van der Waals surface area contributed by atoms with Crippen LogP contribution in [0.15, 0.2) is 41.3 Å². The van der Waals surface area contributed by atoms with Gasteiger partial charge in [-0.05, 0) is 62.1 Å². The van der Waals surface area contributed by atoms with E-state index in [4.69, 9.17) is 30.8 Å². The van der Waals surface area contributed by atoms with Crippen LogP contribution in [0.25, 0.3) is 10.2 Å². The molecule has 0 spiro atoms. The Balaban J connectivity index is 1.53. The maximum Gasteiger partial charge on any atom is 0.247 e. The molecule has 2 aromatic carbocycles. The third kappa shape index (κ3) is 5.03. The first-order chi connectivity index (χ1) is 17.8. The van der Waals surface area contributed by atoms with Crippen LogP contribution >= 0.6 is 22.9 Å². The molecule has 3 heterocycles. The molecule has 1 aromatic heterocycles. The summed E-state index contributed by atoms with van der Waals surface area (Å²) < 4.78 is 45.9. The van der Waals surface area contributed by atoms with Crippen LogP contribution in [0, 0.1) is 0 Å². The van der Waals surface area contributed by atoms with Crippen LogP contribution in [0.1, 0.15) is 25.7 Å². The highest BCUT2D eigenvalue weighted by molar-refractivity contribution is 7.89. The highest BCUT2D eigenvalue weighted by atomic mass is 35.5. The molecule has 3 aromatic rings. The Kier molecular flexibility index (Phi) is 7.60. The fourth-order valence-electron chi connectivity index (χ4n) is 4.84. The van der Waals surface area contributed by atoms with Crippen LogP contribution in [0.3, 0.4) is 0 Å². The smallest absolute Gasteiger partial charge is 0.247 e. The molecule has 0 saturated carbocycles. The fraction of sp³-hybridized carbons (Fsp3) is 0.440. The lowest BCUT2D eigenvalue weighted by Gasteiger charge is -2.29. The molecule has 2 saturated heterocycles. The molecule has 0 aliphatic carbocycles. The first kappa shape index (κ1) is 26.2. The van der Waals surface area contributed by atoms with Crippen molar-refractivity contribution in [2.45, 2.75) is 42.7 Å². The zero-order chi connectivity index (χ0) is 26.2. The number of carbonyl (C=O) groups is 1. The van der Waals surface area contributed by atoms with Gasteiger partial charge in [0, 0.05) is 18.2 Å². The first-order valence-electron chi connectivity index (χ1n) is 12.1. The standard InChI is InChI=1S/C25H28ClN3O6S2/c1-33-20-11-12-21(34-2)23-22(20)27-25(36-23)28(15-17-5-4-14-35-17)24(30)19-6-3-13-29(19)37(31,32)18-9-7-16(26)8-10-18/h7-12,17,19H,3-6,13-15H2,1-2H3. The zero-order valence-corrected chi connectivity index (χ0v) is 22.9. The molecule has 2 fully saturated rings. The van der Waals surface area contributed by atoms with Crippen molar-refractivity contribution in [1.29, 1.82) is 0 Å². The highest BCUT2D eigenvalue weighted by Crippen LogP contribution is 2.41. The molecule has 12 heteroatoms. The number of hydrogen-bond acceptors (Lipinski definition) is 8. The quantitative estimate of drug-likeness (QED) is 0.401. The van der Waals surface area contributed by atoms with Gasteiger partial charge in [-0.25, -0.2) is 13.4 Å². The summed E-state index contributed by atoms with van der Waals surface area (Å²) in [6.07, 6.45) is 2.58. The van der Waals surface area contributed by atoms with Crippen LogP contribution in [0.4, 0.5) is 5.13 Å². The maximum absolute atomic E-state index is 14.1. The average molecular weight is 566 g/mol. The van der Waals surface area contributed by atoms with Gasteiger partial charge < -0.3 is 14.2 Å². The van der Waals surface area contributed by atoms with Crippen LogP contribution < -0.4 is 14.4 Å². The summed E-state index contributed by atoms with van der Waals surface area (Å²) in [5.74, 6) is 0.870. The number of carbonyl (C=O) groups excluding carboxylic acids is 1. The largest absolute Gasteiger partial charge is 0.495 e. The minimum Gasteiger partial charge on any atom is -0.495 e. The van der Waals surface area contributed by atoms with Gasteiger partial charge in [0.2, 0.25) is 15.9 Å². The van der Waals surface area contributed by atoms with Gasteiger partial charge in [-0.2, -0.15) is 4.31 Å². The predicted molar refractivity (Wildman–Crippen MR) is 142 cm³/mol. The average Bonchev–Trinajstić information content (AvgIpc) is 3.67. The Labute approximate surface area is 224 Å². The van der Waals surface area contributed by atoms with Crippen molar-refractivity contribution >= 4 is 54.2 Å². The lowest BCUT2D eigenvalue weighted by Crippen LogP contribution is -2.49. The number of amides is 1. The second-order valence-corrected chi connectivity index (χ2v) is 12.3. The number of fused-ring (bicyclic) bond motifs is 1. The number of rotatable bonds is 8. The summed E-state index contributed by atoms with van der Waals surface area (Å²) in [4.78, 5) is 20.6. The van der Waals surface area contributed by atoms with Crippen molar-refractivity contribution in [2.75, 3.05) is 38.8 Å². The minimum absolute atomic E-state index is 0.108. The second-order valence-electron chi connectivity index (χ2n) is 8.96. The number of hydrogen-bond donors (Lipinski definition) is 0. The van der Waals surface area contributed by atoms with E-state index in [1.807, 2.05) is 0 Å². The molecule has 9 nitrogen and oxygen atoms in total. The van der Waals surface area contributed by atoms with Crippen molar-refractivity contribution in [3.63, 3.8) is 0 Å². The SMILES string of the molecule is COc1ccc(OC)c2sc(N(CC3CCCO3)C(=O)C3CCCN3S(=O)(=O)c3ccc(Cl)cc3)nc12. The third-order valence-electron chi connectivity index (χ3n) is 6.72. The summed E-state index contributed by atoms with van der Waals surface area (Å²) in [6.45, 7) is 1.18. The molecule has 0 N–H and O–H groups in total. The summed E-state index contributed by atoms with van der Waals surface area (Å²) >= 11 is 7.28. The van der Waals surface area contributed by atoms with Crippen LogP contribution in [-0.2, 0) is 19.6 Å². The maximum atomic E-state index is 14.1. The monoisotopic (exact) mass is 565 g/mol. The zero-order valence-electron chi connectivity index (χ0n) is 20.6. The van der Waals surface area contributed by atoms with Gasteiger partial charge in [-0.15, -0.1) is 0 Å². The predicted octanol–water partition coefficient (Wildman–Crippen LogP) is 4.33. The molecule has 198 valence electrons. The van der Waals surface area contributed by atoms with Crippen LogP contribution in [0.2, 0.25) is 5.02 Å². The van der Waals surface area contributed by atoms with Gasteiger partial charge in [0.05, 0.1) is 31.8 Å². The Morgan fingerprint density at radius 3 is 2.54 bits per heavy atom. The minimum atomic E-state index is -3.90. The van der Waals surface area contributed by atoms with E-state index in [9.17, 15) is 13.2 Å². The molecule has 37 heavy (non-hydrogen) atoms. The van der Waals surface area contributed by atoms with Crippen molar-refractivity contribution in [1.82, 2.24) is 9.29 Å². The Hall–Kier alpha value is -2.44. The number of benzene rings is 2. The summed E-state index contributed by atoms with van der Waals surface area (Å²) in [5.41, 5.74) is 0.587. The van der Waals surface area contributed by atoms with Crippen molar-refractivity contribution in [3.05, 3.63) is 41.4 Å². The molecule has 2 unspecified atom stereocenters. The number of anilines is 1. The van der Waals surface area contributed by atoms with Crippen molar-refractivity contribution in [2.24, 2.45) is 0 Å². The first-order valence-corrected chi connectivity index (χ1v) is 14.7. The number of thiazole rings is 1. The van der Waals surface area contributed by atoms with E-state index in [0.29, 0.717) is 46.6 Å². The number of nitrogens with zero attached hydrogens (tertiary/aromatic N) is 3. The van der Waals surface area contributed by atoms with Gasteiger partial charge in [0.1, 0.15) is 27.8 Å². The Morgan fingerprint density at radius 1 is 1.14 bits per heavy atom.